The quantitative estimate of drug-likeness (QED) is 0.744. The lowest BCUT2D eigenvalue weighted by atomic mass is 10.0. The van der Waals surface area contributed by atoms with Crippen LogP contribution in [0, 0.1) is 5.92 Å². The molecule has 3 N–H and O–H groups in total. The third-order valence-corrected chi connectivity index (χ3v) is 2.75. The van der Waals surface area contributed by atoms with Crippen LogP contribution in [0.15, 0.2) is 24.5 Å². The summed E-state index contributed by atoms with van der Waals surface area (Å²) >= 11 is 0. The zero-order valence-corrected chi connectivity index (χ0v) is 10.4. The fourth-order valence-corrected chi connectivity index (χ4v) is 1.61. The van der Waals surface area contributed by atoms with Gasteiger partial charge in [0, 0.05) is 24.9 Å². The van der Waals surface area contributed by atoms with Gasteiger partial charge in [-0.05, 0) is 43.5 Å². The summed E-state index contributed by atoms with van der Waals surface area (Å²) in [4.78, 5) is 15.6. The van der Waals surface area contributed by atoms with E-state index in [0.717, 1.165) is 19.3 Å². The van der Waals surface area contributed by atoms with Crippen LogP contribution in [0.1, 0.15) is 25.3 Å². The Morgan fingerprint density at radius 3 is 2.82 bits per heavy atom. The number of rotatable bonds is 7. The third-order valence-electron chi connectivity index (χ3n) is 2.75. The Labute approximate surface area is 103 Å². The summed E-state index contributed by atoms with van der Waals surface area (Å²) in [7, 11) is 0. The van der Waals surface area contributed by atoms with Crippen LogP contribution >= 0.6 is 0 Å². The molecule has 0 aromatic carbocycles. The van der Waals surface area contributed by atoms with E-state index in [2.05, 4.69) is 10.3 Å². The molecule has 17 heavy (non-hydrogen) atoms. The standard InChI is InChI=1S/C13H21N3O/c1-11(3-2-7-14)13(17)16-10-6-12-4-8-15-9-5-12/h4-5,8-9,11H,2-3,6-7,10,14H2,1H3,(H,16,17). The van der Waals surface area contributed by atoms with Gasteiger partial charge in [0.15, 0.2) is 0 Å². The molecule has 1 atom stereocenters. The van der Waals surface area contributed by atoms with Crippen LogP contribution < -0.4 is 11.1 Å². The fourth-order valence-electron chi connectivity index (χ4n) is 1.61. The van der Waals surface area contributed by atoms with Crippen LogP contribution in [0.3, 0.4) is 0 Å². The zero-order valence-electron chi connectivity index (χ0n) is 10.4. The van der Waals surface area contributed by atoms with Crippen LogP contribution in [-0.2, 0) is 11.2 Å². The second-order valence-corrected chi connectivity index (χ2v) is 4.23. The minimum atomic E-state index is 0.0518. The van der Waals surface area contributed by atoms with E-state index < -0.39 is 0 Å². The average molecular weight is 235 g/mol. The van der Waals surface area contributed by atoms with Crippen LogP contribution in [-0.4, -0.2) is 24.0 Å². The predicted molar refractivity (Wildman–Crippen MR) is 68.4 cm³/mol. The lowest BCUT2D eigenvalue weighted by molar-refractivity contribution is -0.124. The Morgan fingerprint density at radius 2 is 2.18 bits per heavy atom. The van der Waals surface area contributed by atoms with Gasteiger partial charge < -0.3 is 11.1 Å². The molecule has 0 radical (unpaired) electrons. The van der Waals surface area contributed by atoms with Gasteiger partial charge in [0.25, 0.3) is 0 Å². The van der Waals surface area contributed by atoms with Crippen molar-refractivity contribution in [3.63, 3.8) is 0 Å². The summed E-state index contributed by atoms with van der Waals surface area (Å²) in [5.74, 6) is 0.170. The maximum Gasteiger partial charge on any atom is 0.222 e. The summed E-state index contributed by atoms with van der Waals surface area (Å²) < 4.78 is 0. The van der Waals surface area contributed by atoms with Crippen molar-refractivity contribution in [3.8, 4) is 0 Å². The number of nitrogens with zero attached hydrogens (tertiary/aromatic N) is 1. The van der Waals surface area contributed by atoms with E-state index in [1.165, 1.54) is 5.56 Å². The molecule has 1 amide bonds. The Morgan fingerprint density at radius 1 is 1.47 bits per heavy atom. The van der Waals surface area contributed by atoms with Crippen LogP contribution in [0.2, 0.25) is 0 Å². The van der Waals surface area contributed by atoms with Gasteiger partial charge in [-0.25, -0.2) is 0 Å². The van der Waals surface area contributed by atoms with Gasteiger partial charge in [-0.15, -0.1) is 0 Å². The summed E-state index contributed by atoms with van der Waals surface area (Å²) in [5, 5.41) is 2.94. The van der Waals surface area contributed by atoms with Crippen LogP contribution in [0.4, 0.5) is 0 Å². The molecule has 1 heterocycles. The van der Waals surface area contributed by atoms with Gasteiger partial charge in [-0.2, -0.15) is 0 Å². The second-order valence-electron chi connectivity index (χ2n) is 4.23. The van der Waals surface area contributed by atoms with Gasteiger partial charge in [0.05, 0.1) is 0 Å². The number of pyridine rings is 1. The van der Waals surface area contributed by atoms with Gasteiger partial charge in [-0.1, -0.05) is 6.92 Å². The number of amides is 1. The predicted octanol–water partition coefficient (Wildman–Crippen LogP) is 1.12. The van der Waals surface area contributed by atoms with Gasteiger partial charge >= 0.3 is 0 Å². The van der Waals surface area contributed by atoms with Crippen molar-refractivity contribution in [3.05, 3.63) is 30.1 Å². The number of carbonyl (C=O) groups is 1. The molecular weight excluding hydrogens is 214 g/mol. The Hall–Kier alpha value is -1.42. The normalized spacial score (nSPS) is 12.1. The molecule has 1 rings (SSSR count). The molecule has 1 unspecified atom stereocenters. The first kappa shape index (κ1) is 13.6. The molecule has 0 saturated heterocycles. The Bertz CT molecular complexity index is 327. The SMILES string of the molecule is CC(CCCN)C(=O)NCCc1ccncc1. The average Bonchev–Trinajstić information content (AvgIpc) is 2.37. The Kier molecular flexibility index (Phi) is 6.25. The molecular formula is C13H21N3O. The second kappa shape index (κ2) is 7.79. The summed E-state index contributed by atoms with van der Waals surface area (Å²) in [6, 6.07) is 3.92. The van der Waals surface area contributed by atoms with E-state index in [0.29, 0.717) is 13.1 Å². The molecule has 0 spiro atoms. The lowest BCUT2D eigenvalue weighted by Crippen LogP contribution is -2.31. The molecule has 0 aliphatic carbocycles. The lowest BCUT2D eigenvalue weighted by Gasteiger charge is -2.11. The highest BCUT2D eigenvalue weighted by molar-refractivity contribution is 5.78. The topological polar surface area (TPSA) is 68.0 Å². The molecule has 1 aromatic rings. The number of nitrogens with one attached hydrogen (secondary N) is 1. The van der Waals surface area contributed by atoms with Gasteiger partial charge in [-0.3, -0.25) is 9.78 Å². The highest BCUT2D eigenvalue weighted by atomic mass is 16.1. The van der Waals surface area contributed by atoms with E-state index in [1.54, 1.807) is 12.4 Å². The number of hydrogen-bond acceptors (Lipinski definition) is 3. The maximum absolute atomic E-state index is 11.7. The molecule has 4 nitrogen and oxygen atoms in total. The van der Waals surface area contributed by atoms with E-state index in [4.69, 9.17) is 5.73 Å². The molecule has 0 aliphatic heterocycles. The first-order valence-electron chi connectivity index (χ1n) is 6.10. The molecule has 1 aromatic heterocycles. The molecule has 94 valence electrons. The highest BCUT2D eigenvalue weighted by Crippen LogP contribution is 2.04. The van der Waals surface area contributed by atoms with E-state index in [1.807, 2.05) is 19.1 Å². The van der Waals surface area contributed by atoms with E-state index in [-0.39, 0.29) is 11.8 Å². The largest absolute Gasteiger partial charge is 0.356 e. The smallest absolute Gasteiger partial charge is 0.222 e. The molecule has 0 aliphatic rings. The van der Waals surface area contributed by atoms with E-state index in [9.17, 15) is 4.79 Å². The van der Waals surface area contributed by atoms with Crippen LogP contribution in [0.25, 0.3) is 0 Å². The van der Waals surface area contributed by atoms with E-state index >= 15 is 0 Å². The Balaban J connectivity index is 2.20. The minimum Gasteiger partial charge on any atom is -0.356 e. The molecule has 0 saturated carbocycles. The van der Waals surface area contributed by atoms with Gasteiger partial charge in [0.1, 0.15) is 0 Å². The number of nitrogens with two attached hydrogens (primary N) is 1. The summed E-state index contributed by atoms with van der Waals surface area (Å²) in [5.41, 5.74) is 6.61. The zero-order chi connectivity index (χ0) is 12.5. The molecule has 4 heteroatoms. The van der Waals surface area contributed by atoms with Crippen molar-refractivity contribution in [1.29, 1.82) is 0 Å². The first-order valence-corrected chi connectivity index (χ1v) is 6.10. The van der Waals surface area contributed by atoms with Gasteiger partial charge in [0.2, 0.25) is 5.91 Å². The van der Waals surface area contributed by atoms with Crippen molar-refractivity contribution in [2.75, 3.05) is 13.1 Å². The van der Waals surface area contributed by atoms with Crippen molar-refractivity contribution >= 4 is 5.91 Å². The van der Waals surface area contributed by atoms with Crippen LogP contribution in [0.5, 0.6) is 0 Å². The highest BCUT2D eigenvalue weighted by Gasteiger charge is 2.10. The van der Waals surface area contributed by atoms with Crippen molar-refractivity contribution in [1.82, 2.24) is 10.3 Å². The number of carbonyl (C=O) groups excluding carboxylic acids is 1. The monoisotopic (exact) mass is 235 g/mol. The minimum absolute atomic E-state index is 0.0518. The fraction of sp³-hybridized carbons (Fsp3) is 0.538. The summed E-state index contributed by atoms with van der Waals surface area (Å²) in [6.07, 6.45) is 6.14. The van der Waals surface area contributed by atoms with Crippen molar-refractivity contribution < 1.29 is 4.79 Å². The first-order chi connectivity index (χ1) is 8.24. The number of aromatic nitrogens is 1. The molecule has 0 bridgehead atoms. The third kappa shape index (κ3) is 5.45. The maximum atomic E-state index is 11.7. The summed E-state index contributed by atoms with van der Waals surface area (Å²) in [6.45, 7) is 3.27. The number of hydrogen-bond donors (Lipinski definition) is 2. The van der Waals surface area contributed by atoms with Crippen molar-refractivity contribution in [2.24, 2.45) is 11.7 Å². The van der Waals surface area contributed by atoms with Crippen molar-refractivity contribution in [2.45, 2.75) is 26.2 Å². The molecule has 0 fully saturated rings.